The molecule has 2 heterocycles. The lowest BCUT2D eigenvalue weighted by atomic mass is 10.1. The van der Waals surface area contributed by atoms with Gasteiger partial charge in [0.1, 0.15) is 6.42 Å². The molecular weight excluding hydrogens is 408 g/mol. The molecule has 2 aliphatic rings. The van der Waals surface area contributed by atoms with Crippen LogP contribution in [0.5, 0.6) is 0 Å². The quantitative estimate of drug-likeness (QED) is 0.643. The van der Waals surface area contributed by atoms with Crippen LogP contribution in [0.3, 0.4) is 0 Å². The van der Waals surface area contributed by atoms with E-state index in [1.165, 1.54) is 24.3 Å². The summed E-state index contributed by atoms with van der Waals surface area (Å²) in [5.74, 6) is -1.23. The zero-order chi connectivity index (χ0) is 21.3. The molecule has 0 aliphatic carbocycles. The second kappa shape index (κ2) is 7.79. The Morgan fingerprint density at radius 1 is 0.933 bits per heavy atom. The molecule has 0 unspecified atom stereocenters. The van der Waals surface area contributed by atoms with E-state index in [1.807, 2.05) is 0 Å². The predicted octanol–water partition coefficient (Wildman–Crippen LogP) is 2.00. The fourth-order valence-electron chi connectivity index (χ4n) is 3.49. The molecule has 0 bridgehead atoms. The normalized spacial score (nSPS) is 16.3. The van der Waals surface area contributed by atoms with Gasteiger partial charge in [0.05, 0.1) is 27.5 Å². The van der Waals surface area contributed by atoms with Crippen LogP contribution in [-0.2, 0) is 19.6 Å². The predicted molar refractivity (Wildman–Crippen MR) is 111 cm³/mol. The summed E-state index contributed by atoms with van der Waals surface area (Å²) in [6.07, 6.45) is 1.51. The number of sulfonamides is 1. The number of hydrogen-bond donors (Lipinski definition) is 3. The van der Waals surface area contributed by atoms with Crippen LogP contribution in [-0.4, -0.2) is 44.1 Å². The van der Waals surface area contributed by atoms with Gasteiger partial charge in [-0.2, -0.15) is 0 Å². The molecule has 3 N–H and O–H groups in total. The van der Waals surface area contributed by atoms with Crippen LogP contribution in [0.2, 0.25) is 0 Å². The van der Waals surface area contributed by atoms with Gasteiger partial charge in [-0.15, -0.1) is 0 Å². The van der Waals surface area contributed by atoms with Gasteiger partial charge in [0.15, 0.2) is 0 Å². The molecule has 0 aromatic heterocycles. The molecule has 0 atom stereocenters. The molecule has 3 amide bonds. The summed E-state index contributed by atoms with van der Waals surface area (Å²) >= 11 is 0. The maximum Gasteiger partial charge on any atom is 0.261 e. The number of anilines is 3. The standard InChI is InChI=1S/C20H20N4O5S/c25-18-12-19(26)22-17-11-13(7-8-16(17)21-18)30(28,29)23-15-6-2-1-5-14(15)20(27)24-9-3-4-10-24/h1-2,5-8,11,23H,3-4,9-10,12H2,(H,21,25)(H,22,26). The van der Waals surface area contributed by atoms with E-state index in [1.54, 1.807) is 23.1 Å². The highest BCUT2D eigenvalue weighted by molar-refractivity contribution is 7.92. The van der Waals surface area contributed by atoms with E-state index < -0.39 is 21.8 Å². The lowest BCUT2D eigenvalue weighted by Gasteiger charge is -2.18. The first kappa shape index (κ1) is 19.9. The van der Waals surface area contributed by atoms with E-state index in [2.05, 4.69) is 15.4 Å². The molecule has 9 nitrogen and oxygen atoms in total. The SMILES string of the molecule is O=C1CC(=O)Nc2cc(S(=O)(=O)Nc3ccccc3C(=O)N3CCCC3)ccc2N1. The number of carbonyl (C=O) groups excluding carboxylic acids is 3. The maximum atomic E-state index is 13.0. The minimum absolute atomic E-state index is 0.110. The van der Waals surface area contributed by atoms with Gasteiger partial charge in [-0.05, 0) is 43.2 Å². The number of likely N-dealkylation sites (tertiary alicyclic amines) is 1. The van der Waals surface area contributed by atoms with Crippen molar-refractivity contribution in [3.63, 3.8) is 0 Å². The van der Waals surface area contributed by atoms with E-state index in [-0.39, 0.29) is 34.2 Å². The largest absolute Gasteiger partial charge is 0.339 e. The molecule has 10 heteroatoms. The first-order chi connectivity index (χ1) is 14.3. The van der Waals surface area contributed by atoms with E-state index >= 15 is 0 Å². The smallest absolute Gasteiger partial charge is 0.261 e. The van der Waals surface area contributed by atoms with Crippen LogP contribution in [0.25, 0.3) is 0 Å². The number of fused-ring (bicyclic) bond motifs is 1. The lowest BCUT2D eigenvalue weighted by molar-refractivity contribution is -0.123. The van der Waals surface area contributed by atoms with Gasteiger partial charge in [-0.1, -0.05) is 12.1 Å². The first-order valence-electron chi connectivity index (χ1n) is 9.48. The molecule has 1 saturated heterocycles. The van der Waals surface area contributed by atoms with Crippen LogP contribution in [0.1, 0.15) is 29.6 Å². The summed E-state index contributed by atoms with van der Waals surface area (Å²) in [5, 5.41) is 5.07. The summed E-state index contributed by atoms with van der Waals surface area (Å²) in [7, 11) is -4.05. The maximum absolute atomic E-state index is 13.0. The van der Waals surface area contributed by atoms with Gasteiger partial charge in [0.25, 0.3) is 15.9 Å². The van der Waals surface area contributed by atoms with Crippen LogP contribution < -0.4 is 15.4 Å². The highest BCUT2D eigenvalue weighted by Gasteiger charge is 2.25. The molecule has 2 aromatic carbocycles. The van der Waals surface area contributed by atoms with Crippen molar-refractivity contribution in [2.45, 2.75) is 24.2 Å². The number of nitrogens with one attached hydrogen (secondary N) is 3. The van der Waals surface area contributed by atoms with Crippen molar-refractivity contribution >= 4 is 44.8 Å². The number of benzene rings is 2. The summed E-state index contributed by atoms with van der Waals surface area (Å²) in [5.41, 5.74) is 0.963. The third-order valence-electron chi connectivity index (χ3n) is 4.97. The van der Waals surface area contributed by atoms with Gasteiger partial charge < -0.3 is 15.5 Å². The minimum atomic E-state index is -4.05. The molecule has 2 aromatic rings. The fourth-order valence-corrected chi connectivity index (χ4v) is 4.60. The van der Waals surface area contributed by atoms with Gasteiger partial charge in [-0.25, -0.2) is 8.42 Å². The molecular formula is C20H20N4O5S. The zero-order valence-electron chi connectivity index (χ0n) is 16.0. The molecule has 2 aliphatic heterocycles. The van der Waals surface area contributed by atoms with Gasteiger partial charge in [-0.3, -0.25) is 19.1 Å². The van der Waals surface area contributed by atoms with Crippen LogP contribution in [0.15, 0.2) is 47.4 Å². The monoisotopic (exact) mass is 428 g/mol. The van der Waals surface area contributed by atoms with Crippen molar-refractivity contribution in [1.82, 2.24) is 4.90 Å². The fraction of sp³-hybridized carbons (Fsp3) is 0.250. The molecule has 1 fully saturated rings. The zero-order valence-corrected chi connectivity index (χ0v) is 16.8. The van der Waals surface area contributed by atoms with Gasteiger partial charge in [0, 0.05) is 13.1 Å². The van der Waals surface area contributed by atoms with Crippen molar-refractivity contribution in [1.29, 1.82) is 0 Å². The Balaban J connectivity index is 1.64. The van der Waals surface area contributed by atoms with Crippen molar-refractivity contribution in [3.05, 3.63) is 48.0 Å². The topological polar surface area (TPSA) is 125 Å². The Morgan fingerprint density at radius 2 is 1.60 bits per heavy atom. The highest BCUT2D eigenvalue weighted by atomic mass is 32.2. The third-order valence-corrected chi connectivity index (χ3v) is 6.33. The summed E-state index contributed by atoms with van der Waals surface area (Å²) in [6, 6.07) is 10.5. The number of hydrogen-bond acceptors (Lipinski definition) is 5. The van der Waals surface area contributed by atoms with E-state index in [4.69, 9.17) is 0 Å². The lowest BCUT2D eigenvalue weighted by Crippen LogP contribution is -2.28. The highest BCUT2D eigenvalue weighted by Crippen LogP contribution is 2.29. The molecule has 0 radical (unpaired) electrons. The molecule has 0 saturated carbocycles. The Hall–Kier alpha value is -3.40. The number of para-hydroxylation sites is 1. The third kappa shape index (κ3) is 3.99. The Bertz CT molecular complexity index is 1140. The van der Waals surface area contributed by atoms with E-state index in [0.717, 1.165) is 12.8 Å². The van der Waals surface area contributed by atoms with Crippen molar-refractivity contribution < 1.29 is 22.8 Å². The Morgan fingerprint density at radius 3 is 2.33 bits per heavy atom. The van der Waals surface area contributed by atoms with Gasteiger partial charge >= 0.3 is 0 Å². The number of carbonyl (C=O) groups is 3. The summed E-state index contributed by atoms with van der Waals surface area (Å²) in [6.45, 7) is 1.30. The van der Waals surface area contributed by atoms with Gasteiger partial charge in [0.2, 0.25) is 11.8 Å². The first-order valence-corrected chi connectivity index (χ1v) is 11.0. The average Bonchev–Trinajstić information content (AvgIpc) is 3.18. The number of rotatable bonds is 4. The van der Waals surface area contributed by atoms with E-state index in [9.17, 15) is 22.8 Å². The van der Waals surface area contributed by atoms with Crippen molar-refractivity contribution in [2.24, 2.45) is 0 Å². The summed E-state index contributed by atoms with van der Waals surface area (Å²) in [4.78, 5) is 37.8. The second-order valence-corrected chi connectivity index (χ2v) is 8.81. The second-order valence-electron chi connectivity index (χ2n) is 7.13. The Kier molecular flexibility index (Phi) is 5.17. The van der Waals surface area contributed by atoms with Crippen molar-refractivity contribution in [2.75, 3.05) is 28.4 Å². The van der Waals surface area contributed by atoms with Crippen molar-refractivity contribution in [3.8, 4) is 0 Å². The van der Waals surface area contributed by atoms with Crippen LogP contribution >= 0.6 is 0 Å². The van der Waals surface area contributed by atoms with E-state index in [0.29, 0.717) is 18.8 Å². The number of amides is 3. The molecule has 0 spiro atoms. The van der Waals surface area contributed by atoms with Crippen LogP contribution in [0, 0.1) is 0 Å². The number of nitrogens with zero attached hydrogens (tertiary/aromatic N) is 1. The molecule has 4 rings (SSSR count). The Labute approximate surface area is 173 Å². The average molecular weight is 428 g/mol. The molecule has 30 heavy (non-hydrogen) atoms. The minimum Gasteiger partial charge on any atom is -0.339 e. The van der Waals surface area contributed by atoms with Crippen LogP contribution in [0.4, 0.5) is 17.1 Å². The molecule has 156 valence electrons. The summed E-state index contributed by atoms with van der Waals surface area (Å²) < 4.78 is 28.4.